The van der Waals surface area contributed by atoms with Gasteiger partial charge in [0, 0.05) is 18.5 Å². The lowest BCUT2D eigenvalue weighted by Gasteiger charge is -2.62. The molecule has 4 heterocycles. The van der Waals surface area contributed by atoms with E-state index in [1.165, 1.54) is 18.4 Å². The van der Waals surface area contributed by atoms with Crippen molar-refractivity contribution in [2.75, 3.05) is 6.54 Å². The van der Waals surface area contributed by atoms with Gasteiger partial charge < -0.3 is 9.16 Å². The predicted octanol–water partition coefficient (Wildman–Crippen LogP) is 4.80. The van der Waals surface area contributed by atoms with Crippen LogP contribution in [0.15, 0.2) is 11.6 Å². The van der Waals surface area contributed by atoms with Crippen LogP contribution in [0.3, 0.4) is 0 Å². The second-order valence-electron chi connectivity index (χ2n) is 10.2. The van der Waals surface area contributed by atoms with E-state index in [1.807, 2.05) is 0 Å². The summed E-state index contributed by atoms with van der Waals surface area (Å²) in [5.74, 6) is -0.128. The number of piperidine rings is 3. The number of carbonyl (C=O) groups is 1. The van der Waals surface area contributed by atoms with Crippen LogP contribution in [0.25, 0.3) is 0 Å². The molecular weight excluding hydrogens is 354 g/mol. The molecule has 5 aliphatic rings. The maximum atomic E-state index is 12.2. The molecule has 0 N–H and O–H groups in total. The SMILES string of the molecule is CC(C)[Si](O[C@H]1C[C@@]23OC(=O)C=C2C[C@@H]1N1CCCC[C@@H]13)(C(C)C)C(C)C. The van der Waals surface area contributed by atoms with E-state index < -0.39 is 13.9 Å². The van der Waals surface area contributed by atoms with Crippen LogP contribution in [0, 0.1) is 0 Å². The van der Waals surface area contributed by atoms with Crippen LogP contribution in [-0.4, -0.2) is 49.5 Å². The Labute approximate surface area is 165 Å². The number of hydrogen-bond acceptors (Lipinski definition) is 4. The third-order valence-corrected chi connectivity index (χ3v) is 14.2. The molecule has 4 aliphatic heterocycles. The van der Waals surface area contributed by atoms with Gasteiger partial charge in [-0.2, -0.15) is 0 Å². The fourth-order valence-electron chi connectivity index (χ4n) is 7.13. The highest BCUT2D eigenvalue weighted by atomic mass is 28.4. The Kier molecular flexibility index (Phi) is 4.88. The average molecular weight is 392 g/mol. The summed E-state index contributed by atoms with van der Waals surface area (Å²) in [5.41, 5.74) is 2.59. The van der Waals surface area contributed by atoms with Crippen LogP contribution in [0.2, 0.25) is 16.6 Å². The fraction of sp³-hybridized carbons (Fsp3) is 0.864. The van der Waals surface area contributed by atoms with E-state index in [2.05, 4.69) is 46.4 Å². The van der Waals surface area contributed by atoms with E-state index in [9.17, 15) is 4.79 Å². The molecule has 5 rings (SSSR count). The number of hydrogen-bond donors (Lipinski definition) is 0. The molecule has 3 saturated heterocycles. The van der Waals surface area contributed by atoms with Crippen molar-refractivity contribution >= 4 is 14.3 Å². The van der Waals surface area contributed by atoms with Crippen LogP contribution in [0.4, 0.5) is 0 Å². The fourth-order valence-corrected chi connectivity index (χ4v) is 12.7. The van der Waals surface area contributed by atoms with E-state index in [-0.39, 0.29) is 12.1 Å². The second-order valence-corrected chi connectivity index (χ2v) is 15.6. The normalized spacial score (nSPS) is 36.3. The summed E-state index contributed by atoms with van der Waals surface area (Å²) in [4.78, 5) is 14.9. The van der Waals surface area contributed by atoms with Crippen molar-refractivity contribution in [1.82, 2.24) is 4.90 Å². The molecule has 152 valence electrons. The quantitative estimate of drug-likeness (QED) is 0.498. The Bertz CT molecular complexity index is 622. The first-order chi connectivity index (χ1) is 12.7. The molecule has 0 unspecified atom stereocenters. The molecule has 0 aromatic heterocycles. The average Bonchev–Trinajstić information content (AvgIpc) is 2.94. The topological polar surface area (TPSA) is 38.8 Å². The van der Waals surface area contributed by atoms with Crippen molar-refractivity contribution in [3.8, 4) is 0 Å². The predicted molar refractivity (Wildman–Crippen MR) is 110 cm³/mol. The van der Waals surface area contributed by atoms with E-state index in [0.29, 0.717) is 28.7 Å². The number of nitrogens with zero attached hydrogens (tertiary/aromatic N) is 1. The van der Waals surface area contributed by atoms with Gasteiger partial charge in [0.1, 0.15) is 0 Å². The first kappa shape index (κ1) is 19.7. The summed E-state index contributed by atoms with van der Waals surface area (Å²) in [7, 11) is -1.96. The van der Waals surface area contributed by atoms with Gasteiger partial charge in [-0.3, -0.25) is 4.90 Å². The van der Waals surface area contributed by atoms with E-state index in [4.69, 9.17) is 9.16 Å². The molecule has 0 amide bonds. The minimum Gasteiger partial charge on any atom is -0.450 e. The second kappa shape index (κ2) is 6.70. The minimum atomic E-state index is -1.96. The van der Waals surface area contributed by atoms with Crippen molar-refractivity contribution < 1.29 is 14.0 Å². The standard InChI is InChI=1S/C22H37NO3Si/c1-14(2)27(15(3)4,16(5)6)26-19-13-22-17(12-21(24)25-22)11-18(19)23-10-8-7-9-20(22)23/h12,14-16,18-20H,7-11,13H2,1-6H3/t18-,19-,20+,22+/m0/s1. The number of ether oxygens (including phenoxy) is 1. The minimum absolute atomic E-state index is 0.128. The van der Waals surface area contributed by atoms with Crippen LogP contribution in [-0.2, 0) is 14.0 Å². The van der Waals surface area contributed by atoms with Crippen molar-refractivity contribution in [3.05, 3.63) is 11.6 Å². The van der Waals surface area contributed by atoms with Gasteiger partial charge in [-0.25, -0.2) is 4.79 Å². The Balaban J connectivity index is 1.70. The molecular formula is C22H37NO3Si. The van der Waals surface area contributed by atoms with E-state index >= 15 is 0 Å². The van der Waals surface area contributed by atoms with Crippen molar-refractivity contribution in [2.24, 2.45) is 0 Å². The van der Waals surface area contributed by atoms with Crippen LogP contribution in [0.1, 0.15) is 73.6 Å². The highest BCUT2D eigenvalue weighted by Crippen LogP contribution is 2.56. The third-order valence-electron chi connectivity index (χ3n) is 8.05. The van der Waals surface area contributed by atoms with Crippen molar-refractivity contribution in [1.29, 1.82) is 0 Å². The first-order valence-electron chi connectivity index (χ1n) is 11.1. The maximum absolute atomic E-state index is 12.2. The van der Waals surface area contributed by atoms with Gasteiger partial charge in [-0.05, 0) is 48.0 Å². The highest BCUT2D eigenvalue weighted by molar-refractivity contribution is 6.77. The van der Waals surface area contributed by atoms with Gasteiger partial charge in [0.05, 0.1) is 12.1 Å². The van der Waals surface area contributed by atoms with E-state index in [1.54, 1.807) is 6.08 Å². The van der Waals surface area contributed by atoms with Gasteiger partial charge >= 0.3 is 5.97 Å². The smallest absolute Gasteiger partial charge is 0.331 e. The van der Waals surface area contributed by atoms with Crippen LogP contribution in [0.5, 0.6) is 0 Å². The Morgan fingerprint density at radius 2 is 1.81 bits per heavy atom. The summed E-state index contributed by atoms with van der Waals surface area (Å²) >= 11 is 0. The summed E-state index contributed by atoms with van der Waals surface area (Å²) < 4.78 is 13.4. The molecule has 4 nitrogen and oxygen atoms in total. The van der Waals surface area contributed by atoms with Gasteiger partial charge in [-0.1, -0.05) is 48.0 Å². The summed E-state index contributed by atoms with van der Waals surface area (Å²) in [5, 5.41) is 0. The lowest BCUT2D eigenvalue weighted by Crippen LogP contribution is -2.73. The zero-order valence-corrected chi connectivity index (χ0v) is 19.0. The number of fused-ring (bicyclic) bond motifs is 1. The van der Waals surface area contributed by atoms with Gasteiger partial charge in [0.25, 0.3) is 0 Å². The first-order valence-corrected chi connectivity index (χ1v) is 13.2. The molecule has 2 bridgehead atoms. The van der Waals surface area contributed by atoms with Crippen LogP contribution >= 0.6 is 0 Å². The molecule has 5 heteroatoms. The van der Waals surface area contributed by atoms with Crippen molar-refractivity contribution in [3.63, 3.8) is 0 Å². The molecule has 1 spiro atoms. The molecule has 4 fully saturated rings. The van der Waals surface area contributed by atoms with E-state index in [0.717, 1.165) is 25.8 Å². The zero-order chi connectivity index (χ0) is 19.6. The van der Waals surface area contributed by atoms with Gasteiger partial charge in [0.2, 0.25) is 8.32 Å². The molecule has 0 aromatic carbocycles. The lowest BCUT2D eigenvalue weighted by molar-refractivity contribution is -0.186. The summed E-state index contributed by atoms with van der Waals surface area (Å²) in [6, 6.07) is 0.789. The zero-order valence-electron chi connectivity index (χ0n) is 18.0. The molecule has 0 radical (unpaired) electrons. The Hall–Kier alpha value is -0.653. The summed E-state index contributed by atoms with van der Waals surface area (Å²) in [6.07, 6.45) is 7.46. The highest BCUT2D eigenvalue weighted by Gasteiger charge is 2.64. The van der Waals surface area contributed by atoms with Crippen LogP contribution < -0.4 is 0 Å². The van der Waals surface area contributed by atoms with Gasteiger partial charge in [0.15, 0.2) is 5.60 Å². The third kappa shape index (κ3) is 2.71. The number of rotatable bonds is 5. The van der Waals surface area contributed by atoms with Crippen molar-refractivity contribution in [2.45, 2.75) is 114 Å². The monoisotopic (exact) mass is 391 g/mol. The van der Waals surface area contributed by atoms with Gasteiger partial charge in [-0.15, -0.1) is 0 Å². The molecule has 1 aliphatic carbocycles. The number of esters is 1. The number of carbonyl (C=O) groups excluding carboxylic acids is 1. The molecule has 1 saturated carbocycles. The molecule has 27 heavy (non-hydrogen) atoms. The summed E-state index contributed by atoms with van der Waals surface area (Å²) in [6.45, 7) is 15.3. The maximum Gasteiger partial charge on any atom is 0.331 e. The lowest BCUT2D eigenvalue weighted by atomic mass is 9.64. The largest absolute Gasteiger partial charge is 0.450 e. The Morgan fingerprint density at radius 3 is 2.44 bits per heavy atom. The molecule has 0 aromatic rings. The Morgan fingerprint density at radius 1 is 1.15 bits per heavy atom. The molecule has 4 atom stereocenters.